The largest absolute Gasteiger partial charge is 0.459 e. The molecular weight excluding hydrogens is 658 g/mol. The first-order valence-corrected chi connectivity index (χ1v) is 17.0. The van der Waals surface area contributed by atoms with Crippen molar-refractivity contribution in [1.29, 1.82) is 0 Å². The van der Waals surface area contributed by atoms with E-state index < -0.39 is 52.7 Å². The lowest BCUT2D eigenvalue weighted by Gasteiger charge is -2.45. The zero-order valence-corrected chi connectivity index (χ0v) is 29.7. The minimum atomic E-state index is -1.84. The Morgan fingerprint density at radius 2 is 1.37 bits per heavy atom. The van der Waals surface area contributed by atoms with Gasteiger partial charge in [-0.25, -0.2) is 0 Å². The molecule has 0 radical (unpaired) electrons. The number of primary amides is 1. The van der Waals surface area contributed by atoms with Crippen LogP contribution >= 0.6 is 0 Å². The molecule has 4 aromatic carbocycles. The lowest BCUT2D eigenvalue weighted by Crippen LogP contribution is -2.65. The van der Waals surface area contributed by atoms with E-state index in [1.54, 1.807) is 150 Å². The molecule has 0 saturated heterocycles. The minimum Gasteiger partial charge on any atom is -0.459 e. The number of fused-ring (bicyclic) bond motifs is 2. The summed E-state index contributed by atoms with van der Waals surface area (Å²) in [5, 5.41) is 3.38. The molecule has 11 heteroatoms. The van der Waals surface area contributed by atoms with Crippen molar-refractivity contribution in [3.63, 3.8) is 0 Å². The van der Waals surface area contributed by atoms with Crippen LogP contribution in [-0.2, 0) is 36.0 Å². The second kappa shape index (κ2) is 13.8. The van der Waals surface area contributed by atoms with Crippen LogP contribution in [0.15, 0.2) is 115 Å². The molecule has 11 nitrogen and oxygen atoms in total. The first kappa shape index (κ1) is 35.6. The van der Waals surface area contributed by atoms with Crippen LogP contribution in [-0.4, -0.2) is 45.8 Å². The number of carbonyl (C=O) groups is 5. The number of para-hydroxylation sites is 4. The molecule has 0 aliphatic carbocycles. The van der Waals surface area contributed by atoms with Crippen molar-refractivity contribution in [3.05, 3.63) is 127 Å². The highest BCUT2D eigenvalue weighted by atomic mass is 16.6. The molecule has 6 rings (SSSR count). The molecule has 5 aromatic rings. The van der Waals surface area contributed by atoms with Crippen molar-refractivity contribution in [1.82, 2.24) is 9.88 Å². The van der Waals surface area contributed by atoms with Crippen LogP contribution in [0.2, 0.25) is 0 Å². The number of rotatable bonds is 9. The second-order valence-corrected chi connectivity index (χ2v) is 14.0. The van der Waals surface area contributed by atoms with E-state index >= 15 is 4.79 Å². The Bertz CT molecular complexity index is 2170. The monoisotopic (exact) mass is 699 g/mol. The number of nitrogens with two attached hydrogens (primary N) is 1. The topological polar surface area (TPSA) is 144 Å². The van der Waals surface area contributed by atoms with Crippen LogP contribution in [0.5, 0.6) is 0 Å². The van der Waals surface area contributed by atoms with E-state index in [0.29, 0.717) is 27.8 Å². The van der Waals surface area contributed by atoms with Crippen molar-refractivity contribution >= 4 is 57.6 Å². The van der Waals surface area contributed by atoms with Gasteiger partial charge in [0.15, 0.2) is 11.6 Å². The van der Waals surface area contributed by atoms with Crippen molar-refractivity contribution < 1.29 is 28.7 Å². The van der Waals surface area contributed by atoms with Crippen LogP contribution in [0.3, 0.4) is 0 Å². The minimum absolute atomic E-state index is 0.0281. The van der Waals surface area contributed by atoms with Crippen LogP contribution in [0.4, 0.5) is 17.1 Å². The summed E-state index contributed by atoms with van der Waals surface area (Å²) >= 11 is 0. The molecule has 0 bridgehead atoms. The number of ether oxygens (including phenoxy) is 1. The third kappa shape index (κ3) is 6.30. The Morgan fingerprint density at radius 3 is 1.98 bits per heavy atom. The van der Waals surface area contributed by atoms with Gasteiger partial charge in [-0.15, -0.1) is 0 Å². The number of esters is 1. The summed E-state index contributed by atoms with van der Waals surface area (Å²) in [5.41, 5.74) is 5.77. The number of hydrogen-bond acceptors (Lipinski definition) is 6. The Balaban J connectivity index is 1.55. The molecule has 1 aliphatic heterocycles. The summed E-state index contributed by atoms with van der Waals surface area (Å²) < 4.78 is 7.07. The number of hydrogen-bond donors (Lipinski definition) is 2. The average molecular weight is 700 g/mol. The fourth-order valence-electron chi connectivity index (χ4n) is 7.00. The smallest absolute Gasteiger partial charge is 0.326 e. The number of benzene rings is 4. The van der Waals surface area contributed by atoms with E-state index in [9.17, 15) is 19.2 Å². The van der Waals surface area contributed by atoms with Crippen molar-refractivity contribution in [2.45, 2.75) is 58.3 Å². The van der Waals surface area contributed by atoms with Gasteiger partial charge in [-0.1, -0.05) is 92.7 Å². The van der Waals surface area contributed by atoms with Crippen LogP contribution in [0.1, 0.15) is 50.7 Å². The number of anilines is 3. The highest BCUT2D eigenvalue weighted by Gasteiger charge is 2.55. The lowest BCUT2D eigenvalue weighted by molar-refractivity contribution is -0.155. The quantitative estimate of drug-likeness (QED) is 0.146. The highest BCUT2D eigenvalue weighted by Crippen LogP contribution is 2.46. The standard InChI is InChI=1S/C41H41N5O6/c1-26(2)41(39(42)51,28-17-8-6-9-18-28)46-32-23-15-14-22-31(32)45(29-19-10-7-11-20-29)37(49)35(38(46)50)43-36(48)33-24-27-16-12-13-21-30(27)44(33)25-34(47)52-40(3,4)5/h6-24,26,35H,25H2,1-5H3,(H2,42,51)(H,43,48). The Hall–Kier alpha value is -6.23. The van der Waals surface area contributed by atoms with Gasteiger partial charge in [0.25, 0.3) is 17.7 Å². The molecule has 2 unspecified atom stereocenters. The van der Waals surface area contributed by atoms with E-state index in [0.717, 1.165) is 0 Å². The third-order valence-corrected chi connectivity index (χ3v) is 9.12. The van der Waals surface area contributed by atoms with Gasteiger partial charge in [0.2, 0.25) is 5.91 Å². The number of amides is 4. The molecule has 0 fully saturated rings. The zero-order chi connectivity index (χ0) is 37.4. The molecule has 1 aromatic heterocycles. The van der Waals surface area contributed by atoms with Gasteiger partial charge in [0.1, 0.15) is 17.8 Å². The first-order chi connectivity index (χ1) is 24.8. The summed E-state index contributed by atoms with van der Waals surface area (Å²) in [6, 6.07) is 31.1. The summed E-state index contributed by atoms with van der Waals surface area (Å²) in [7, 11) is 0. The molecule has 266 valence electrons. The van der Waals surface area contributed by atoms with Crippen LogP contribution in [0.25, 0.3) is 10.9 Å². The van der Waals surface area contributed by atoms with E-state index in [-0.39, 0.29) is 17.9 Å². The molecular formula is C41H41N5O6. The van der Waals surface area contributed by atoms with Gasteiger partial charge in [0.05, 0.1) is 11.4 Å². The van der Waals surface area contributed by atoms with E-state index in [4.69, 9.17) is 10.5 Å². The van der Waals surface area contributed by atoms with Gasteiger partial charge in [-0.3, -0.25) is 33.8 Å². The van der Waals surface area contributed by atoms with Gasteiger partial charge < -0.3 is 20.4 Å². The fraction of sp³-hybridized carbons (Fsp3) is 0.244. The zero-order valence-electron chi connectivity index (χ0n) is 29.7. The van der Waals surface area contributed by atoms with Crippen molar-refractivity contribution in [3.8, 4) is 0 Å². The summed E-state index contributed by atoms with van der Waals surface area (Å²) in [4.78, 5) is 74.3. The first-order valence-electron chi connectivity index (χ1n) is 17.0. The van der Waals surface area contributed by atoms with Gasteiger partial charge in [-0.2, -0.15) is 0 Å². The van der Waals surface area contributed by atoms with Crippen LogP contribution in [0, 0.1) is 5.92 Å². The predicted molar refractivity (Wildman–Crippen MR) is 199 cm³/mol. The maximum absolute atomic E-state index is 15.3. The number of carbonyl (C=O) groups excluding carboxylic acids is 5. The molecule has 52 heavy (non-hydrogen) atoms. The maximum Gasteiger partial charge on any atom is 0.326 e. The Labute approximate surface area is 302 Å². The Kier molecular flexibility index (Phi) is 9.46. The number of aromatic nitrogens is 1. The molecule has 2 atom stereocenters. The van der Waals surface area contributed by atoms with Gasteiger partial charge in [-0.05, 0) is 68.7 Å². The van der Waals surface area contributed by atoms with E-state index in [2.05, 4.69) is 5.32 Å². The molecule has 3 N–H and O–H groups in total. The summed E-state index contributed by atoms with van der Waals surface area (Å²) in [6.07, 6.45) is 0. The molecule has 2 heterocycles. The third-order valence-electron chi connectivity index (χ3n) is 9.12. The SMILES string of the molecule is CC(C)C(C(N)=O)(c1ccccc1)N1C(=O)C(NC(=O)c2cc3ccccc3n2CC(=O)OC(C)(C)C)C(=O)N(c2ccccc2)c2ccccc21. The molecule has 0 spiro atoms. The summed E-state index contributed by atoms with van der Waals surface area (Å²) in [5.74, 6) is -4.41. The van der Waals surface area contributed by atoms with Crippen molar-refractivity contribution in [2.24, 2.45) is 11.7 Å². The lowest BCUT2D eigenvalue weighted by atomic mass is 9.76. The summed E-state index contributed by atoms with van der Waals surface area (Å²) in [6.45, 7) is 8.49. The second-order valence-electron chi connectivity index (χ2n) is 14.0. The average Bonchev–Trinajstić information content (AvgIpc) is 3.43. The number of nitrogens with one attached hydrogen (secondary N) is 1. The highest BCUT2D eigenvalue weighted by molar-refractivity contribution is 6.26. The normalized spacial score (nSPS) is 15.9. The number of nitrogens with zero attached hydrogens (tertiary/aromatic N) is 3. The molecule has 4 amide bonds. The van der Waals surface area contributed by atoms with Gasteiger partial charge in [0, 0.05) is 16.6 Å². The van der Waals surface area contributed by atoms with Crippen molar-refractivity contribution in [2.75, 3.05) is 9.80 Å². The fourth-order valence-corrected chi connectivity index (χ4v) is 7.00. The molecule has 0 saturated carbocycles. The predicted octanol–water partition coefficient (Wildman–Crippen LogP) is 5.83. The molecule has 1 aliphatic rings. The maximum atomic E-state index is 15.3. The van der Waals surface area contributed by atoms with E-state index in [1.165, 1.54) is 14.4 Å². The van der Waals surface area contributed by atoms with Crippen LogP contribution < -0.4 is 20.9 Å². The van der Waals surface area contributed by atoms with Gasteiger partial charge >= 0.3 is 5.97 Å². The Morgan fingerprint density at radius 1 is 0.788 bits per heavy atom. The van der Waals surface area contributed by atoms with E-state index in [1.807, 2.05) is 0 Å².